The van der Waals surface area contributed by atoms with E-state index in [1.165, 1.54) is 52.7 Å². The molecule has 0 saturated heterocycles. The van der Waals surface area contributed by atoms with Gasteiger partial charge in [0.15, 0.2) is 0 Å². The van der Waals surface area contributed by atoms with Gasteiger partial charge in [-0.25, -0.2) is 0 Å². The average Bonchev–Trinajstić information content (AvgIpc) is 2.89. The van der Waals surface area contributed by atoms with Gasteiger partial charge in [-0.3, -0.25) is 4.68 Å². The molecule has 0 radical (unpaired) electrons. The summed E-state index contributed by atoms with van der Waals surface area (Å²) in [7, 11) is 0. The van der Waals surface area contributed by atoms with Gasteiger partial charge in [0.25, 0.3) is 0 Å². The molecule has 0 bridgehead atoms. The number of rotatable bonds is 5. The van der Waals surface area contributed by atoms with E-state index in [0.29, 0.717) is 0 Å². The Bertz CT molecular complexity index is 869. The van der Waals surface area contributed by atoms with Gasteiger partial charge in [0.1, 0.15) is 6.17 Å². The van der Waals surface area contributed by atoms with E-state index in [2.05, 4.69) is 72.5 Å². The molecule has 25 heavy (non-hydrogen) atoms. The summed E-state index contributed by atoms with van der Waals surface area (Å²) in [6, 6.07) is 12.9. The second kappa shape index (κ2) is 6.43. The number of hydrogen-bond acceptors (Lipinski definition) is 3. The zero-order chi connectivity index (χ0) is 17.4. The van der Waals surface area contributed by atoms with E-state index in [1.807, 2.05) is 0 Å². The first-order chi connectivity index (χ1) is 12.2. The van der Waals surface area contributed by atoms with Crippen LogP contribution < -0.4 is 10.6 Å². The smallest absolute Gasteiger partial charge is 0.127 e. The SMILES string of the molecule is CCCCCn1nc(C)c(C2Nc3cccc4cccc(c34)N2)c1C. The molecule has 2 heterocycles. The first kappa shape index (κ1) is 16.0. The van der Waals surface area contributed by atoms with Crippen molar-refractivity contribution in [1.29, 1.82) is 0 Å². The number of aromatic nitrogens is 2. The number of unbranched alkanes of at least 4 members (excludes halogenated alkanes) is 2. The molecule has 0 saturated carbocycles. The lowest BCUT2D eigenvalue weighted by molar-refractivity contribution is 0.539. The molecular weight excluding hydrogens is 308 g/mol. The zero-order valence-corrected chi connectivity index (χ0v) is 15.3. The van der Waals surface area contributed by atoms with Gasteiger partial charge in [-0.2, -0.15) is 5.10 Å². The quantitative estimate of drug-likeness (QED) is 0.616. The standard InChI is InChI=1S/C21H26N4/c1-4-5-6-13-25-15(3)19(14(2)24-25)21-22-17-11-7-9-16-10-8-12-18(23-21)20(16)17/h7-12,21-23H,4-6,13H2,1-3H3. The van der Waals surface area contributed by atoms with Crippen molar-refractivity contribution in [2.24, 2.45) is 0 Å². The minimum atomic E-state index is 0.0559. The van der Waals surface area contributed by atoms with Crippen LogP contribution in [-0.4, -0.2) is 9.78 Å². The summed E-state index contributed by atoms with van der Waals surface area (Å²) in [6.07, 6.45) is 3.73. The fourth-order valence-electron chi connectivity index (χ4n) is 3.93. The van der Waals surface area contributed by atoms with Crippen LogP contribution in [0.5, 0.6) is 0 Å². The van der Waals surface area contributed by atoms with Crippen molar-refractivity contribution in [2.45, 2.75) is 52.7 Å². The third kappa shape index (κ3) is 2.76. The zero-order valence-electron chi connectivity index (χ0n) is 15.3. The summed E-state index contributed by atoms with van der Waals surface area (Å²) >= 11 is 0. The number of nitrogens with zero attached hydrogens (tertiary/aromatic N) is 2. The predicted molar refractivity (Wildman–Crippen MR) is 105 cm³/mol. The Kier molecular flexibility index (Phi) is 4.12. The maximum absolute atomic E-state index is 4.80. The second-order valence-corrected chi connectivity index (χ2v) is 6.95. The first-order valence-corrected chi connectivity index (χ1v) is 9.27. The Labute approximate surface area is 149 Å². The largest absolute Gasteiger partial charge is 0.361 e. The van der Waals surface area contributed by atoms with Crippen molar-refractivity contribution in [3.63, 3.8) is 0 Å². The minimum Gasteiger partial charge on any atom is -0.361 e. The van der Waals surface area contributed by atoms with Gasteiger partial charge in [-0.05, 0) is 37.8 Å². The molecule has 0 unspecified atom stereocenters. The van der Waals surface area contributed by atoms with E-state index in [9.17, 15) is 0 Å². The van der Waals surface area contributed by atoms with Crippen LogP contribution in [0.1, 0.15) is 49.3 Å². The summed E-state index contributed by atoms with van der Waals surface area (Å²) in [4.78, 5) is 0. The Hall–Kier alpha value is -2.49. The van der Waals surface area contributed by atoms with Crippen molar-refractivity contribution in [1.82, 2.24) is 9.78 Å². The number of benzene rings is 2. The molecule has 4 nitrogen and oxygen atoms in total. The molecule has 4 heteroatoms. The molecule has 0 amide bonds. The third-order valence-corrected chi connectivity index (χ3v) is 5.20. The van der Waals surface area contributed by atoms with Crippen LogP contribution >= 0.6 is 0 Å². The van der Waals surface area contributed by atoms with Crippen molar-refractivity contribution in [3.05, 3.63) is 53.3 Å². The van der Waals surface area contributed by atoms with E-state index in [1.54, 1.807) is 0 Å². The fraction of sp³-hybridized carbons (Fsp3) is 0.381. The second-order valence-electron chi connectivity index (χ2n) is 6.95. The third-order valence-electron chi connectivity index (χ3n) is 5.20. The maximum atomic E-state index is 4.80. The van der Waals surface area contributed by atoms with Crippen LogP contribution in [0.3, 0.4) is 0 Å². The number of aryl methyl sites for hydroxylation is 2. The summed E-state index contributed by atoms with van der Waals surface area (Å²) in [5, 5.41) is 14.7. The van der Waals surface area contributed by atoms with Gasteiger partial charge in [0, 0.05) is 34.6 Å². The van der Waals surface area contributed by atoms with Gasteiger partial charge in [-0.1, -0.05) is 44.0 Å². The van der Waals surface area contributed by atoms with E-state index in [4.69, 9.17) is 5.10 Å². The van der Waals surface area contributed by atoms with Crippen LogP contribution in [-0.2, 0) is 6.54 Å². The molecule has 130 valence electrons. The van der Waals surface area contributed by atoms with Crippen molar-refractivity contribution in [3.8, 4) is 0 Å². The normalized spacial score (nSPS) is 13.7. The van der Waals surface area contributed by atoms with E-state index in [-0.39, 0.29) is 6.17 Å². The van der Waals surface area contributed by atoms with E-state index in [0.717, 1.165) is 12.2 Å². The molecular formula is C21H26N4. The van der Waals surface area contributed by atoms with Crippen molar-refractivity contribution >= 4 is 22.1 Å². The summed E-state index contributed by atoms with van der Waals surface area (Å²) in [6.45, 7) is 7.54. The van der Waals surface area contributed by atoms with Gasteiger partial charge in [-0.15, -0.1) is 0 Å². The Morgan fingerprint density at radius 1 is 1.00 bits per heavy atom. The fourth-order valence-corrected chi connectivity index (χ4v) is 3.93. The topological polar surface area (TPSA) is 41.9 Å². The molecule has 0 atom stereocenters. The number of anilines is 2. The van der Waals surface area contributed by atoms with Gasteiger partial charge < -0.3 is 10.6 Å². The Morgan fingerprint density at radius 2 is 1.68 bits per heavy atom. The van der Waals surface area contributed by atoms with Gasteiger partial charge in [0.05, 0.1) is 5.69 Å². The highest BCUT2D eigenvalue weighted by atomic mass is 15.3. The van der Waals surface area contributed by atoms with E-state index < -0.39 is 0 Å². The molecule has 0 fully saturated rings. The summed E-state index contributed by atoms with van der Waals surface area (Å²) in [5.74, 6) is 0. The predicted octanol–water partition coefficient (Wildman–Crippen LogP) is 5.38. The van der Waals surface area contributed by atoms with Gasteiger partial charge in [0.2, 0.25) is 0 Å². The summed E-state index contributed by atoms with van der Waals surface area (Å²) in [5.41, 5.74) is 6.00. The minimum absolute atomic E-state index is 0.0559. The van der Waals surface area contributed by atoms with Crippen LogP contribution in [0.25, 0.3) is 10.8 Å². The van der Waals surface area contributed by atoms with Crippen LogP contribution in [0, 0.1) is 13.8 Å². The maximum Gasteiger partial charge on any atom is 0.127 e. The molecule has 0 spiro atoms. The van der Waals surface area contributed by atoms with Crippen LogP contribution in [0.2, 0.25) is 0 Å². The molecule has 1 aliphatic rings. The van der Waals surface area contributed by atoms with Crippen LogP contribution in [0.4, 0.5) is 11.4 Å². The highest BCUT2D eigenvalue weighted by Gasteiger charge is 2.25. The first-order valence-electron chi connectivity index (χ1n) is 9.27. The molecule has 0 aliphatic carbocycles. The highest BCUT2D eigenvalue weighted by molar-refractivity contribution is 6.04. The number of hydrogen-bond donors (Lipinski definition) is 2. The molecule has 1 aromatic heterocycles. The highest BCUT2D eigenvalue weighted by Crippen LogP contribution is 2.39. The molecule has 3 aromatic rings. The lowest BCUT2D eigenvalue weighted by Crippen LogP contribution is -2.24. The average molecular weight is 334 g/mol. The number of nitrogens with one attached hydrogen (secondary N) is 2. The van der Waals surface area contributed by atoms with Crippen molar-refractivity contribution in [2.75, 3.05) is 10.6 Å². The molecule has 1 aliphatic heterocycles. The lowest BCUT2D eigenvalue weighted by Gasteiger charge is -2.30. The van der Waals surface area contributed by atoms with Gasteiger partial charge >= 0.3 is 0 Å². The molecule has 2 aromatic carbocycles. The van der Waals surface area contributed by atoms with Crippen molar-refractivity contribution < 1.29 is 0 Å². The van der Waals surface area contributed by atoms with Crippen LogP contribution in [0.15, 0.2) is 36.4 Å². The van der Waals surface area contributed by atoms with E-state index >= 15 is 0 Å². The lowest BCUT2D eigenvalue weighted by atomic mass is 10.0. The Morgan fingerprint density at radius 3 is 2.32 bits per heavy atom. The summed E-state index contributed by atoms with van der Waals surface area (Å²) < 4.78 is 2.17. The monoisotopic (exact) mass is 334 g/mol. The Balaban J connectivity index is 1.68. The molecule has 4 rings (SSSR count). The molecule has 2 N–H and O–H groups in total.